The van der Waals surface area contributed by atoms with Crippen LogP contribution >= 0.6 is 46.1 Å². The van der Waals surface area contributed by atoms with Gasteiger partial charge in [0.15, 0.2) is 0 Å². The largest absolute Gasteiger partial charge is 0.324 e. The summed E-state index contributed by atoms with van der Waals surface area (Å²) < 4.78 is 0. The van der Waals surface area contributed by atoms with Gasteiger partial charge in [0.1, 0.15) is 5.01 Å². The molecule has 0 aliphatic carbocycles. The Hall–Kier alpha value is -0.810. The first kappa shape index (κ1) is 15.6. The fraction of sp³-hybridized carbons (Fsp3) is 0.231. The van der Waals surface area contributed by atoms with Gasteiger partial charge >= 0.3 is 0 Å². The number of rotatable bonds is 4. The number of thiazole rings is 1. The van der Waals surface area contributed by atoms with Crippen molar-refractivity contribution in [2.75, 3.05) is 5.32 Å². The number of nitrogens with one attached hydrogen (secondary N) is 1. The highest BCUT2D eigenvalue weighted by molar-refractivity contribution is 7.09. The third kappa shape index (κ3) is 3.85. The minimum Gasteiger partial charge on any atom is -0.324 e. The number of hydrogen-bond donors (Lipinski definition) is 1. The predicted molar refractivity (Wildman–Crippen MR) is 85.2 cm³/mol. The molecule has 0 fully saturated rings. The van der Waals surface area contributed by atoms with Gasteiger partial charge in [-0.15, -0.1) is 22.9 Å². The Morgan fingerprint density at radius 1 is 1.35 bits per heavy atom. The third-order valence-corrected chi connectivity index (χ3v) is 4.46. The maximum Gasteiger partial charge on any atom is 0.231 e. The van der Waals surface area contributed by atoms with Crippen LogP contribution in [-0.2, 0) is 17.1 Å². The van der Waals surface area contributed by atoms with Crippen LogP contribution in [0.3, 0.4) is 0 Å². The number of hydrogen-bond acceptors (Lipinski definition) is 3. The van der Waals surface area contributed by atoms with Crippen LogP contribution in [0.4, 0.5) is 5.69 Å². The molecular formula is C13H11Cl3N2OS. The minimum atomic E-state index is -0.192. The molecule has 0 bridgehead atoms. The monoisotopic (exact) mass is 348 g/mol. The summed E-state index contributed by atoms with van der Waals surface area (Å²) >= 11 is 19.2. The van der Waals surface area contributed by atoms with Crippen LogP contribution in [0.1, 0.15) is 16.3 Å². The van der Waals surface area contributed by atoms with E-state index in [9.17, 15) is 4.79 Å². The van der Waals surface area contributed by atoms with Crippen molar-refractivity contribution < 1.29 is 4.79 Å². The van der Waals surface area contributed by atoms with E-state index in [1.165, 1.54) is 11.3 Å². The first-order valence-corrected chi connectivity index (χ1v) is 7.91. The Kier molecular flexibility index (Phi) is 5.27. The second-order valence-electron chi connectivity index (χ2n) is 4.17. The number of alkyl halides is 1. The summed E-state index contributed by atoms with van der Waals surface area (Å²) in [6, 6.07) is 3.36. The van der Waals surface area contributed by atoms with Crippen molar-refractivity contribution in [2.45, 2.75) is 19.2 Å². The fourth-order valence-corrected chi connectivity index (χ4v) is 3.02. The smallest absolute Gasteiger partial charge is 0.231 e. The van der Waals surface area contributed by atoms with Gasteiger partial charge in [-0.05, 0) is 24.6 Å². The molecule has 0 radical (unpaired) electrons. The van der Waals surface area contributed by atoms with Gasteiger partial charge in [-0.3, -0.25) is 4.79 Å². The van der Waals surface area contributed by atoms with E-state index in [4.69, 9.17) is 34.8 Å². The molecule has 0 unspecified atom stereocenters. The van der Waals surface area contributed by atoms with E-state index in [1.807, 2.05) is 12.3 Å². The summed E-state index contributed by atoms with van der Waals surface area (Å²) in [5.41, 5.74) is 2.14. The zero-order valence-corrected chi connectivity index (χ0v) is 13.6. The lowest BCUT2D eigenvalue weighted by Crippen LogP contribution is -2.14. The summed E-state index contributed by atoms with van der Waals surface area (Å²) in [7, 11) is 0. The molecule has 0 aliphatic heterocycles. The number of amides is 1. The molecule has 1 aromatic heterocycles. The Bertz CT molecular complexity index is 643. The highest BCUT2D eigenvalue weighted by Gasteiger charge is 2.11. The van der Waals surface area contributed by atoms with Crippen molar-refractivity contribution in [3.8, 4) is 0 Å². The van der Waals surface area contributed by atoms with Crippen molar-refractivity contribution in [3.05, 3.63) is 43.8 Å². The summed E-state index contributed by atoms with van der Waals surface area (Å²) in [6.45, 7) is 1.85. The Labute approximate surface area is 135 Å². The van der Waals surface area contributed by atoms with Gasteiger partial charge in [0.2, 0.25) is 5.91 Å². The Morgan fingerprint density at radius 3 is 2.75 bits per heavy atom. The van der Waals surface area contributed by atoms with Crippen LogP contribution in [-0.4, -0.2) is 10.9 Å². The number of nitrogens with zero attached hydrogens (tertiary/aromatic N) is 1. The molecule has 0 spiro atoms. The van der Waals surface area contributed by atoms with Crippen LogP contribution < -0.4 is 5.32 Å². The van der Waals surface area contributed by atoms with Crippen molar-refractivity contribution in [3.63, 3.8) is 0 Å². The van der Waals surface area contributed by atoms with E-state index in [0.29, 0.717) is 26.6 Å². The number of halogens is 3. The molecule has 106 valence electrons. The maximum atomic E-state index is 11.9. The molecule has 2 rings (SSSR count). The van der Waals surface area contributed by atoms with Gasteiger partial charge < -0.3 is 5.32 Å². The van der Waals surface area contributed by atoms with Crippen LogP contribution in [0.25, 0.3) is 0 Å². The molecule has 0 atom stereocenters. The lowest BCUT2D eigenvalue weighted by Gasteiger charge is -2.08. The molecule has 0 aliphatic rings. The predicted octanol–water partition coefficient (Wildman–Crippen LogP) is 4.68. The Balaban J connectivity index is 2.06. The van der Waals surface area contributed by atoms with Crippen molar-refractivity contribution in [1.29, 1.82) is 0 Å². The number of aromatic nitrogens is 1. The topological polar surface area (TPSA) is 42.0 Å². The minimum absolute atomic E-state index is 0.184. The normalized spacial score (nSPS) is 10.6. The SMILES string of the molecule is Cc1cc(Cl)c(NC(=O)Cc2nc(CCl)cs2)cc1Cl. The quantitative estimate of drug-likeness (QED) is 0.814. The van der Waals surface area contributed by atoms with Gasteiger partial charge in [-0.2, -0.15) is 0 Å². The van der Waals surface area contributed by atoms with Crippen molar-refractivity contribution in [2.24, 2.45) is 0 Å². The average Bonchev–Trinajstić information content (AvgIpc) is 2.83. The third-order valence-electron chi connectivity index (χ3n) is 2.57. The zero-order chi connectivity index (χ0) is 14.7. The molecule has 1 aromatic carbocycles. The number of carbonyl (C=O) groups is 1. The van der Waals surface area contributed by atoms with Gasteiger partial charge in [-0.25, -0.2) is 4.98 Å². The number of aryl methyl sites for hydroxylation is 1. The molecule has 1 heterocycles. The zero-order valence-electron chi connectivity index (χ0n) is 10.5. The highest BCUT2D eigenvalue weighted by Crippen LogP contribution is 2.28. The Morgan fingerprint density at radius 2 is 2.10 bits per heavy atom. The summed E-state index contributed by atoms with van der Waals surface area (Å²) in [6.07, 6.45) is 0.184. The number of benzene rings is 1. The molecule has 0 saturated heterocycles. The lowest BCUT2D eigenvalue weighted by molar-refractivity contribution is -0.115. The highest BCUT2D eigenvalue weighted by atomic mass is 35.5. The first-order valence-electron chi connectivity index (χ1n) is 5.74. The molecular weight excluding hydrogens is 339 g/mol. The van der Waals surface area contributed by atoms with Gasteiger partial charge in [0.05, 0.1) is 28.7 Å². The standard InChI is InChI=1S/C13H11Cl3N2OS/c1-7-2-10(16)11(3-9(7)15)18-12(19)4-13-17-8(5-14)6-20-13/h2-3,6H,4-5H2,1H3,(H,18,19). The van der Waals surface area contributed by atoms with Crippen LogP contribution in [0.15, 0.2) is 17.5 Å². The van der Waals surface area contributed by atoms with Crippen molar-refractivity contribution >= 4 is 57.7 Å². The van der Waals surface area contributed by atoms with E-state index >= 15 is 0 Å². The van der Waals surface area contributed by atoms with Gasteiger partial charge in [0, 0.05) is 10.4 Å². The molecule has 3 nitrogen and oxygen atoms in total. The second-order valence-corrected chi connectivity index (χ2v) is 6.20. The number of anilines is 1. The van der Waals surface area contributed by atoms with Crippen molar-refractivity contribution in [1.82, 2.24) is 4.98 Å². The van der Waals surface area contributed by atoms with E-state index < -0.39 is 0 Å². The first-order chi connectivity index (χ1) is 9.49. The number of carbonyl (C=O) groups excluding carboxylic acids is 1. The maximum absolute atomic E-state index is 11.9. The molecule has 2 aromatic rings. The van der Waals surface area contributed by atoms with E-state index in [2.05, 4.69) is 10.3 Å². The van der Waals surface area contributed by atoms with Crippen LogP contribution in [0.5, 0.6) is 0 Å². The molecule has 1 amide bonds. The fourth-order valence-electron chi connectivity index (χ4n) is 1.57. The molecule has 7 heteroatoms. The van der Waals surface area contributed by atoms with Gasteiger partial charge in [0.25, 0.3) is 0 Å². The second kappa shape index (κ2) is 6.76. The lowest BCUT2D eigenvalue weighted by atomic mass is 10.2. The molecule has 1 N–H and O–H groups in total. The van der Waals surface area contributed by atoms with Gasteiger partial charge in [-0.1, -0.05) is 23.2 Å². The summed E-state index contributed by atoms with van der Waals surface area (Å²) in [5.74, 6) is 0.152. The molecule has 0 saturated carbocycles. The van der Waals surface area contributed by atoms with Crippen LogP contribution in [0.2, 0.25) is 10.0 Å². The van der Waals surface area contributed by atoms with Crippen LogP contribution in [0, 0.1) is 6.92 Å². The molecule has 20 heavy (non-hydrogen) atoms. The van der Waals surface area contributed by atoms with E-state index in [1.54, 1.807) is 12.1 Å². The van der Waals surface area contributed by atoms with E-state index in [0.717, 1.165) is 11.3 Å². The van der Waals surface area contributed by atoms with E-state index in [-0.39, 0.29) is 12.3 Å². The summed E-state index contributed by atoms with van der Waals surface area (Å²) in [5, 5.41) is 6.30. The average molecular weight is 350 g/mol. The summed E-state index contributed by atoms with van der Waals surface area (Å²) in [4.78, 5) is 16.2.